The normalized spacial score (nSPS) is 11.3. The lowest BCUT2D eigenvalue weighted by atomic mass is 10.1. The van der Waals surface area contributed by atoms with Crippen molar-refractivity contribution in [2.75, 3.05) is 0 Å². The molecule has 0 aliphatic rings. The zero-order valence-electron chi connectivity index (χ0n) is 5.96. The van der Waals surface area contributed by atoms with Gasteiger partial charge in [-0.2, -0.15) is 13.2 Å². The summed E-state index contributed by atoms with van der Waals surface area (Å²) >= 11 is 0. The molecule has 0 fully saturated rings. The molecule has 0 aromatic rings. The van der Waals surface area contributed by atoms with Crippen molar-refractivity contribution in [3.63, 3.8) is 0 Å². The van der Waals surface area contributed by atoms with Crippen LogP contribution in [0.25, 0.3) is 0 Å². The molecule has 0 radical (unpaired) electrons. The third kappa shape index (κ3) is 3.15. The third-order valence-electron chi connectivity index (χ3n) is 1.03. The molecule has 0 aliphatic heterocycles. The topological polar surface area (TPSA) is 40.9 Å². The summed E-state index contributed by atoms with van der Waals surface area (Å²) in [5.41, 5.74) is -0.861. The van der Waals surface area contributed by atoms with Crippen molar-refractivity contribution in [2.45, 2.75) is 25.9 Å². The van der Waals surface area contributed by atoms with Crippen LogP contribution >= 0.6 is 0 Å². The van der Waals surface area contributed by atoms with Crippen molar-refractivity contribution in [1.29, 1.82) is 5.41 Å². The molecule has 2 nitrogen and oxygen atoms in total. The number of carbonyl (C=O) groups is 1. The summed E-state index contributed by atoms with van der Waals surface area (Å²) in [7, 11) is 0. The molecular weight excluding hydrogens is 159 g/mol. The first kappa shape index (κ1) is 10.1. The van der Waals surface area contributed by atoms with Gasteiger partial charge in [-0.1, -0.05) is 13.3 Å². The van der Waals surface area contributed by atoms with Crippen LogP contribution in [0, 0.1) is 5.41 Å². The summed E-state index contributed by atoms with van der Waals surface area (Å²) in [6.07, 6.45) is -4.62. The molecule has 0 unspecified atom stereocenters. The standard InChI is InChI=1S/C6H8F3NO/c1-2-3-4(10)5(11)6(7,8)9/h10H,2-3H2,1H3. The van der Waals surface area contributed by atoms with Gasteiger partial charge in [-0.25, -0.2) is 0 Å². The van der Waals surface area contributed by atoms with E-state index in [2.05, 4.69) is 0 Å². The van der Waals surface area contributed by atoms with E-state index in [0.29, 0.717) is 6.42 Å². The van der Waals surface area contributed by atoms with Crippen LogP contribution in [0.5, 0.6) is 0 Å². The second kappa shape index (κ2) is 3.50. The second-order valence-corrected chi connectivity index (χ2v) is 2.06. The highest BCUT2D eigenvalue weighted by Crippen LogP contribution is 2.17. The molecule has 0 rings (SSSR count). The van der Waals surface area contributed by atoms with Crippen LogP contribution in [-0.2, 0) is 4.79 Å². The lowest BCUT2D eigenvalue weighted by molar-refractivity contribution is -0.163. The van der Waals surface area contributed by atoms with Gasteiger partial charge in [0.15, 0.2) is 0 Å². The van der Waals surface area contributed by atoms with Gasteiger partial charge in [0.25, 0.3) is 5.78 Å². The van der Waals surface area contributed by atoms with Crippen LogP contribution in [-0.4, -0.2) is 17.7 Å². The number of rotatable bonds is 3. The van der Waals surface area contributed by atoms with Gasteiger partial charge < -0.3 is 5.41 Å². The van der Waals surface area contributed by atoms with Crippen molar-refractivity contribution in [3.8, 4) is 0 Å². The first-order valence-electron chi connectivity index (χ1n) is 3.08. The number of hydrogen-bond acceptors (Lipinski definition) is 2. The van der Waals surface area contributed by atoms with Gasteiger partial charge in [-0.3, -0.25) is 4.79 Å². The van der Waals surface area contributed by atoms with Gasteiger partial charge >= 0.3 is 6.18 Å². The van der Waals surface area contributed by atoms with E-state index >= 15 is 0 Å². The molecule has 0 saturated heterocycles. The second-order valence-electron chi connectivity index (χ2n) is 2.06. The maximum Gasteiger partial charge on any atom is 0.456 e. The molecule has 0 saturated carbocycles. The Hall–Kier alpha value is -0.870. The van der Waals surface area contributed by atoms with E-state index in [9.17, 15) is 18.0 Å². The Balaban J connectivity index is 4.15. The summed E-state index contributed by atoms with van der Waals surface area (Å²) in [6, 6.07) is 0. The van der Waals surface area contributed by atoms with E-state index < -0.39 is 17.7 Å². The summed E-state index contributed by atoms with van der Waals surface area (Å²) in [4.78, 5) is 10.2. The van der Waals surface area contributed by atoms with Crippen LogP contribution in [0.2, 0.25) is 0 Å². The zero-order chi connectivity index (χ0) is 9.07. The smallest absolute Gasteiger partial charge is 0.301 e. The number of alkyl halides is 3. The molecule has 0 aliphatic carbocycles. The Kier molecular flexibility index (Phi) is 3.22. The van der Waals surface area contributed by atoms with Crippen LogP contribution in [0.1, 0.15) is 19.8 Å². The van der Waals surface area contributed by atoms with Gasteiger partial charge in [-0.05, 0) is 6.42 Å². The lowest BCUT2D eigenvalue weighted by Gasteiger charge is -2.04. The minimum absolute atomic E-state index is 0.113. The molecule has 0 atom stereocenters. The van der Waals surface area contributed by atoms with E-state index in [1.807, 2.05) is 0 Å². The Morgan fingerprint density at radius 1 is 1.45 bits per heavy atom. The number of Topliss-reactive ketones (excluding diaryl/α,β-unsaturated/α-hetero) is 1. The van der Waals surface area contributed by atoms with E-state index in [0.717, 1.165) is 0 Å². The summed E-state index contributed by atoms with van der Waals surface area (Å²) in [5.74, 6) is -2.03. The number of halogens is 3. The average Bonchev–Trinajstić information content (AvgIpc) is 1.85. The molecule has 0 spiro atoms. The molecule has 0 amide bonds. The summed E-state index contributed by atoms with van der Waals surface area (Å²) in [6.45, 7) is 1.61. The SMILES string of the molecule is CCCC(=N)C(=O)C(F)(F)F. The van der Waals surface area contributed by atoms with Gasteiger partial charge in [0.1, 0.15) is 0 Å². The summed E-state index contributed by atoms with van der Waals surface area (Å²) < 4.78 is 34.6. The summed E-state index contributed by atoms with van der Waals surface area (Å²) in [5, 5.41) is 6.68. The van der Waals surface area contributed by atoms with E-state index in [4.69, 9.17) is 5.41 Å². The fourth-order valence-electron chi connectivity index (χ4n) is 0.535. The molecule has 64 valence electrons. The minimum atomic E-state index is -4.88. The fraction of sp³-hybridized carbons (Fsp3) is 0.667. The highest BCUT2D eigenvalue weighted by molar-refractivity contribution is 6.40. The van der Waals surface area contributed by atoms with Crippen LogP contribution in [0.3, 0.4) is 0 Å². The first-order valence-corrected chi connectivity index (χ1v) is 3.08. The van der Waals surface area contributed by atoms with Crippen molar-refractivity contribution in [3.05, 3.63) is 0 Å². The Morgan fingerprint density at radius 3 is 2.18 bits per heavy atom. The fourth-order valence-corrected chi connectivity index (χ4v) is 0.535. The van der Waals surface area contributed by atoms with Crippen molar-refractivity contribution in [1.82, 2.24) is 0 Å². The van der Waals surface area contributed by atoms with E-state index in [1.165, 1.54) is 0 Å². The number of carbonyl (C=O) groups excluding carboxylic acids is 1. The molecule has 0 aromatic heterocycles. The maximum absolute atomic E-state index is 11.5. The molecule has 1 N–H and O–H groups in total. The van der Waals surface area contributed by atoms with Gasteiger partial charge in [0.05, 0.1) is 5.71 Å². The average molecular weight is 167 g/mol. The van der Waals surface area contributed by atoms with Crippen molar-refractivity contribution < 1.29 is 18.0 Å². The van der Waals surface area contributed by atoms with Crippen LogP contribution < -0.4 is 0 Å². The van der Waals surface area contributed by atoms with Gasteiger partial charge in [-0.15, -0.1) is 0 Å². The van der Waals surface area contributed by atoms with Crippen molar-refractivity contribution in [2.24, 2.45) is 0 Å². The van der Waals surface area contributed by atoms with E-state index in [1.54, 1.807) is 6.92 Å². The molecule has 5 heteroatoms. The number of nitrogens with one attached hydrogen (secondary N) is 1. The Morgan fingerprint density at radius 2 is 1.91 bits per heavy atom. The van der Waals surface area contributed by atoms with Gasteiger partial charge in [0, 0.05) is 0 Å². The highest BCUT2D eigenvalue weighted by atomic mass is 19.4. The van der Waals surface area contributed by atoms with Gasteiger partial charge in [0.2, 0.25) is 0 Å². The lowest BCUT2D eigenvalue weighted by Crippen LogP contribution is -2.30. The predicted octanol–water partition coefficient (Wildman–Crippen LogP) is 1.94. The molecule has 0 heterocycles. The zero-order valence-corrected chi connectivity index (χ0v) is 5.96. The Bertz CT molecular complexity index is 173. The van der Waals surface area contributed by atoms with Crippen LogP contribution in [0.4, 0.5) is 13.2 Å². The monoisotopic (exact) mass is 167 g/mol. The molecule has 11 heavy (non-hydrogen) atoms. The number of ketones is 1. The third-order valence-corrected chi connectivity index (χ3v) is 1.03. The minimum Gasteiger partial charge on any atom is -0.301 e. The quantitative estimate of drug-likeness (QED) is 0.641. The molecular formula is C6H8F3NO. The van der Waals surface area contributed by atoms with E-state index in [-0.39, 0.29) is 6.42 Å². The number of hydrogen-bond donors (Lipinski definition) is 1. The molecule has 0 bridgehead atoms. The Labute approximate surface area is 61.9 Å². The maximum atomic E-state index is 11.5. The molecule has 0 aromatic carbocycles. The highest BCUT2D eigenvalue weighted by Gasteiger charge is 2.40. The van der Waals surface area contributed by atoms with Crippen LogP contribution in [0.15, 0.2) is 0 Å². The largest absolute Gasteiger partial charge is 0.456 e. The first-order chi connectivity index (χ1) is 4.89. The van der Waals surface area contributed by atoms with Crippen molar-refractivity contribution >= 4 is 11.5 Å². The predicted molar refractivity (Wildman–Crippen MR) is 33.7 cm³/mol.